The Morgan fingerprint density at radius 1 is 1.18 bits per heavy atom. The van der Waals surface area contributed by atoms with E-state index < -0.39 is 33.6 Å². The fraction of sp³-hybridized carbons (Fsp3) is 0.923. The van der Waals surface area contributed by atoms with E-state index >= 15 is 0 Å². The molecule has 4 aliphatic carbocycles. The molecule has 4 saturated carbocycles. The van der Waals surface area contributed by atoms with Crippen LogP contribution >= 0.6 is 0 Å². The molecule has 4 bridgehead atoms. The highest BCUT2D eigenvalue weighted by atomic mass is 32.2. The molecule has 9 heteroatoms. The summed E-state index contributed by atoms with van der Waals surface area (Å²) in [5.41, 5.74) is -0.404. The van der Waals surface area contributed by atoms with E-state index in [-0.39, 0.29) is 0 Å². The first-order valence-corrected chi connectivity index (χ1v) is 8.82. The molecule has 0 aliphatic heterocycles. The standard InChI is InChI=1S/C13H19F2NO5S/c14-13(15,22(18,19)20)7-21-11(17)16-12-4-8-1-9(5-12)3-10(2-8)6-12/h8-10H,1-7H2,(H,16,17)(H,18,19,20). The third kappa shape index (κ3) is 2.92. The number of alkyl carbamates (subject to hydrolysis) is 1. The van der Waals surface area contributed by atoms with Gasteiger partial charge in [0, 0.05) is 5.54 Å². The lowest BCUT2D eigenvalue weighted by Gasteiger charge is -2.56. The van der Waals surface area contributed by atoms with Crippen LogP contribution in [0.25, 0.3) is 0 Å². The maximum absolute atomic E-state index is 13.0. The van der Waals surface area contributed by atoms with E-state index in [0.717, 1.165) is 38.5 Å². The molecule has 6 nitrogen and oxygen atoms in total. The molecular weight excluding hydrogens is 320 g/mol. The normalized spacial score (nSPS) is 37.1. The monoisotopic (exact) mass is 339 g/mol. The first-order valence-electron chi connectivity index (χ1n) is 7.38. The minimum absolute atomic E-state index is 0.404. The van der Waals surface area contributed by atoms with Gasteiger partial charge in [0.25, 0.3) is 0 Å². The number of ether oxygens (including phenoxy) is 1. The molecule has 4 aliphatic rings. The van der Waals surface area contributed by atoms with Gasteiger partial charge in [0.05, 0.1) is 0 Å². The number of nitrogens with one attached hydrogen (secondary N) is 1. The number of carbonyl (C=O) groups excluding carboxylic acids is 1. The number of amides is 1. The summed E-state index contributed by atoms with van der Waals surface area (Å²) in [5.74, 6) is 1.68. The van der Waals surface area contributed by atoms with Gasteiger partial charge in [0.2, 0.25) is 0 Å². The van der Waals surface area contributed by atoms with Crippen molar-refractivity contribution < 1.29 is 31.3 Å². The first kappa shape index (κ1) is 15.9. The van der Waals surface area contributed by atoms with Crippen molar-refractivity contribution in [3.8, 4) is 0 Å². The predicted octanol–water partition coefficient (Wildman–Crippen LogP) is 2.16. The Hall–Kier alpha value is -0.960. The van der Waals surface area contributed by atoms with Gasteiger partial charge < -0.3 is 10.1 Å². The van der Waals surface area contributed by atoms with Gasteiger partial charge in [-0.2, -0.15) is 17.2 Å². The highest BCUT2D eigenvalue weighted by Crippen LogP contribution is 2.55. The maximum atomic E-state index is 13.0. The number of hydrogen-bond donors (Lipinski definition) is 2. The number of alkyl halides is 2. The number of hydrogen-bond acceptors (Lipinski definition) is 4. The third-order valence-corrected chi connectivity index (χ3v) is 6.03. The Morgan fingerprint density at radius 2 is 1.64 bits per heavy atom. The van der Waals surface area contributed by atoms with Gasteiger partial charge in [-0.05, 0) is 56.3 Å². The largest absolute Gasteiger partial charge is 0.442 e. The summed E-state index contributed by atoms with van der Waals surface area (Å²) < 4.78 is 59.7. The summed E-state index contributed by atoms with van der Waals surface area (Å²) in [7, 11) is -5.59. The van der Waals surface area contributed by atoms with Crippen molar-refractivity contribution in [1.82, 2.24) is 5.32 Å². The zero-order valence-electron chi connectivity index (χ0n) is 11.9. The SMILES string of the molecule is O=C(NC12CC3CC(CC(C3)C1)C2)OCC(F)(F)S(=O)(=O)O. The summed E-state index contributed by atoms with van der Waals surface area (Å²) in [5, 5.41) is -1.82. The minimum atomic E-state index is -5.59. The van der Waals surface area contributed by atoms with E-state index in [1.165, 1.54) is 0 Å². The predicted molar refractivity (Wildman–Crippen MR) is 71.9 cm³/mol. The van der Waals surface area contributed by atoms with Gasteiger partial charge in [-0.15, -0.1) is 0 Å². The van der Waals surface area contributed by atoms with E-state index in [1.54, 1.807) is 0 Å². The molecule has 0 aromatic heterocycles. The van der Waals surface area contributed by atoms with E-state index in [2.05, 4.69) is 10.1 Å². The topological polar surface area (TPSA) is 92.7 Å². The lowest BCUT2D eigenvalue weighted by Crippen LogP contribution is -2.60. The molecule has 2 N–H and O–H groups in total. The molecule has 0 saturated heterocycles. The van der Waals surface area contributed by atoms with Gasteiger partial charge in [-0.3, -0.25) is 4.55 Å². The lowest BCUT2D eigenvalue weighted by atomic mass is 9.53. The lowest BCUT2D eigenvalue weighted by molar-refractivity contribution is -0.0284. The summed E-state index contributed by atoms with van der Waals surface area (Å²) >= 11 is 0. The van der Waals surface area contributed by atoms with Crippen LogP contribution in [0.5, 0.6) is 0 Å². The van der Waals surface area contributed by atoms with Crippen molar-refractivity contribution in [2.24, 2.45) is 17.8 Å². The number of carbonyl (C=O) groups is 1. The van der Waals surface area contributed by atoms with Crippen molar-refractivity contribution in [2.75, 3.05) is 6.61 Å². The molecule has 4 fully saturated rings. The van der Waals surface area contributed by atoms with Crippen molar-refractivity contribution in [3.63, 3.8) is 0 Å². The van der Waals surface area contributed by atoms with Crippen LogP contribution in [0.15, 0.2) is 0 Å². The second-order valence-electron chi connectivity index (χ2n) is 7.01. The summed E-state index contributed by atoms with van der Waals surface area (Å²) in [4.78, 5) is 11.8. The van der Waals surface area contributed by atoms with Gasteiger partial charge in [-0.1, -0.05) is 0 Å². The molecule has 0 spiro atoms. The zero-order chi connectivity index (χ0) is 16.2. The van der Waals surface area contributed by atoms with Crippen molar-refractivity contribution >= 4 is 16.2 Å². The van der Waals surface area contributed by atoms with Crippen LogP contribution in [0.2, 0.25) is 0 Å². The molecule has 1 amide bonds. The molecule has 126 valence electrons. The average Bonchev–Trinajstić information content (AvgIpc) is 2.32. The van der Waals surface area contributed by atoms with Crippen LogP contribution in [0, 0.1) is 17.8 Å². The number of rotatable bonds is 4. The molecule has 4 rings (SSSR count). The second-order valence-corrected chi connectivity index (χ2v) is 8.56. The smallest absolute Gasteiger partial charge is 0.407 e. The van der Waals surface area contributed by atoms with Crippen LogP contribution < -0.4 is 5.32 Å². The highest BCUT2D eigenvalue weighted by molar-refractivity contribution is 7.86. The summed E-state index contributed by atoms with van der Waals surface area (Å²) in [6, 6.07) is 0. The van der Waals surface area contributed by atoms with Crippen molar-refractivity contribution in [2.45, 2.75) is 49.3 Å². The fourth-order valence-electron chi connectivity index (χ4n) is 4.74. The van der Waals surface area contributed by atoms with Crippen LogP contribution in [-0.2, 0) is 14.9 Å². The fourth-order valence-corrected chi connectivity index (χ4v) is 4.95. The average molecular weight is 339 g/mol. The van der Waals surface area contributed by atoms with Crippen molar-refractivity contribution in [1.29, 1.82) is 0 Å². The van der Waals surface area contributed by atoms with E-state index in [4.69, 9.17) is 4.55 Å². The van der Waals surface area contributed by atoms with Crippen LogP contribution in [0.4, 0.5) is 13.6 Å². The van der Waals surface area contributed by atoms with Crippen LogP contribution in [0.3, 0.4) is 0 Å². The summed E-state index contributed by atoms with van der Waals surface area (Å²) in [6.45, 7) is -1.69. The maximum Gasteiger partial charge on any atom is 0.407 e. The molecule has 0 heterocycles. The molecule has 22 heavy (non-hydrogen) atoms. The second kappa shape index (κ2) is 5.02. The van der Waals surface area contributed by atoms with Gasteiger partial charge >= 0.3 is 21.5 Å². The van der Waals surface area contributed by atoms with E-state index in [1.807, 2.05) is 0 Å². The molecule has 0 atom stereocenters. The molecule has 0 radical (unpaired) electrons. The molecular formula is C13H19F2NO5S. The molecule has 0 aromatic carbocycles. The highest BCUT2D eigenvalue weighted by Gasteiger charge is 2.52. The van der Waals surface area contributed by atoms with Gasteiger partial charge in [0.1, 0.15) is 0 Å². The van der Waals surface area contributed by atoms with Crippen LogP contribution in [0.1, 0.15) is 38.5 Å². The van der Waals surface area contributed by atoms with Crippen LogP contribution in [-0.4, -0.2) is 36.5 Å². The molecule has 0 unspecified atom stereocenters. The van der Waals surface area contributed by atoms with Crippen molar-refractivity contribution in [3.05, 3.63) is 0 Å². The Morgan fingerprint density at radius 3 is 2.05 bits per heavy atom. The quantitative estimate of drug-likeness (QED) is 0.766. The summed E-state index contributed by atoms with van der Waals surface area (Å²) in [6.07, 6.45) is 4.91. The first-order chi connectivity index (χ1) is 10.1. The zero-order valence-corrected chi connectivity index (χ0v) is 12.7. The Kier molecular flexibility index (Phi) is 3.63. The van der Waals surface area contributed by atoms with E-state index in [9.17, 15) is 22.0 Å². The Balaban J connectivity index is 1.59. The Bertz CT molecular complexity index is 542. The third-order valence-electron chi connectivity index (χ3n) is 5.15. The van der Waals surface area contributed by atoms with E-state index in [0.29, 0.717) is 17.8 Å². The Labute approximate surface area is 127 Å². The van der Waals surface area contributed by atoms with Gasteiger partial charge in [-0.25, -0.2) is 4.79 Å². The number of halogens is 2. The minimum Gasteiger partial charge on any atom is -0.442 e. The molecule has 0 aromatic rings. The van der Waals surface area contributed by atoms with Gasteiger partial charge in [0.15, 0.2) is 6.61 Å².